The number of hydrogen-bond acceptors (Lipinski definition) is 5. The number of nitrogens with zero attached hydrogens (tertiary/aromatic N) is 5. The molecule has 0 aliphatic heterocycles. The van der Waals surface area contributed by atoms with E-state index in [9.17, 15) is 0 Å². The zero-order chi connectivity index (χ0) is 15.4. The number of thiophene rings is 1. The Morgan fingerprint density at radius 1 is 1.18 bits per heavy atom. The fraction of sp³-hybridized carbons (Fsp3) is 0. The SMILES string of the molecule is N#CC(C#N)=Cc1cccn1-c1nccc(-c2cccs2)n1. The molecule has 0 radical (unpaired) electrons. The third-order valence-corrected chi connectivity index (χ3v) is 3.84. The van der Waals surface area contributed by atoms with Gasteiger partial charge in [-0.25, -0.2) is 9.97 Å². The van der Waals surface area contributed by atoms with Crippen LogP contribution in [0.3, 0.4) is 0 Å². The van der Waals surface area contributed by atoms with Gasteiger partial charge in [-0.15, -0.1) is 11.3 Å². The van der Waals surface area contributed by atoms with Crippen molar-refractivity contribution in [2.75, 3.05) is 0 Å². The highest BCUT2D eigenvalue weighted by Gasteiger charge is 2.08. The van der Waals surface area contributed by atoms with E-state index in [1.54, 1.807) is 34.4 Å². The largest absolute Gasteiger partial charge is 0.286 e. The third-order valence-electron chi connectivity index (χ3n) is 2.95. The molecule has 0 N–H and O–H groups in total. The molecule has 0 bridgehead atoms. The van der Waals surface area contributed by atoms with Gasteiger partial charge in [0.05, 0.1) is 16.3 Å². The number of rotatable bonds is 3. The van der Waals surface area contributed by atoms with E-state index in [0.29, 0.717) is 11.6 Å². The Kier molecular flexibility index (Phi) is 3.78. The second kappa shape index (κ2) is 6.04. The molecule has 0 spiro atoms. The normalized spacial score (nSPS) is 9.73. The van der Waals surface area contributed by atoms with Gasteiger partial charge in [0.1, 0.15) is 17.7 Å². The van der Waals surface area contributed by atoms with E-state index >= 15 is 0 Å². The molecule has 0 saturated heterocycles. The standard InChI is InChI=1S/C16H9N5S/c17-10-12(11-18)9-13-3-1-7-21(13)16-19-6-5-14(20-16)15-4-2-8-22-15/h1-9H. The predicted molar refractivity (Wildman–Crippen MR) is 83.9 cm³/mol. The van der Waals surface area contributed by atoms with Crippen LogP contribution < -0.4 is 0 Å². The number of hydrogen-bond donors (Lipinski definition) is 0. The minimum atomic E-state index is 0.0364. The summed E-state index contributed by atoms with van der Waals surface area (Å²) in [5.74, 6) is 0.498. The number of aromatic nitrogens is 3. The molecular formula is C16H9N5S. The van der Waals surface area contributed by atoms with E-state index in [2.05, 4.69) is 9.97 Å². The second-order valence-corrected chi connectivity index (χ2v) is 5.25. The lowest BCUT2D eigenvalue weighted by atomic mass is 10.2. The minimum Gasteiger partial charge on any atom is -0.286 e. The van der Waals surface area contributed by atoms with Crippen molar-refractivity contribution < 1.29 is 0 Å². The molecule has 3 heterocycles. The molecule has 0 aromatic carbocycles. The molecule has 104 valence electrons. The Bertz CT molecular complexity index is 891. The summed E-state index contributed by atoms with van der Waals surface area (Å²) in [7, 11) is 0. The van der Waals surface area contributed by atoms with Crippen LogP contribution in [0.5, 0.6) is 0 Å². The molecule has 0 aliphatic carbocycles. The quantitative estimate of drug-likeness (QED) is 0.694. The molecule has 0 saturated carbocycles. The summed E-state index contributed by atoms with van der Waals surface area (Å²) in [6.45, 7) is 0. The van der Waals surface area contributed by atoms with Crippen molar-refractivity contribution in [3.8, 4) is 28.7 Å². The summed E-state index contributed by atoms with van der Waals surface area (Å²) < 4.78 is 1.74. The fourth-order valence-electron chi connectivity index (χ4n) is 1.96. The Morgan fingerprint density at radius 3 is 2.77 bits per heavy atom. The lowest BCUT2D eigenvalue weighted by molar-refractivity contribution is 0.930. The van der Waals surface area contributed by atoms with Crippen molar-refractivity contribution in [3.63, 3.8) is 0 Å². The van der Waals surface area contributed by atoms with E-state index in [1.165, 1.54) is 6.08 Å². The van der Waals surface area contributed by atoms with Crippen molar-refractivity contribution >= 4 is 17.4 Å². The first-order valence-electron chi connectivity index (χ1n) is 6.38. The first-order chi connectivity index (χ1) is 10.8. The van der Waals surface area contributed by atoms with Crippen molar-refractivity contribution in [2.45, 2.75) is 0 Å². The van der Waals surface area contributed by atoms with Crippen LogP contribution in [0.15, 0.2) is 53.7 Å². The summed E-state index contributed by atoms with van der Waals surface area (Å²) in [4.78, 5) is 9.88. The summed E-state index contributed by atoms with van der Waals surface area (Å²) >= 11 is 1.61. The van der Waals surface area contributed by atoms with Gasteiger partial charge in [-0.3, -0.25) is 4.57 Å². The summed E-state index contributed by atoms with van der Waals surface area (Å²) in [6.07, 6.45) is 5.01. The predicted octanol–water partition coefficient (Wildman–Crippen LogP) is 3.43. The lowest BCUT2D eigenvalue weighted by Crippen LogP contribution is -2.02. The van der Waals surface area contributed by atoms with Gasteiger partial charge in [0.2, 0.25) is 5.95 Å². The van der Waals surface area contributed by atoms with Crippen LogP contribution in [0.25, 0.3) is 22.6 Å². The molecule has 0 atom stereocenters. The Morgan fingerprint density at radius 2 is 2.05 bits per heavy atom. The monoisotopic (exact) mass is 303 g/mol. The molecule has 0 unspecified atom stereocenters. The number of allylic oxidation sites excluding steroid dienone is 1. The van der Waals surface area contributed by atoms with Crippen LogP contribution in [0, 0.1) is 22.7 Å². The van der Waals surface area contributed by atoms with Crippen molar-refractivity contribution in [1.29, 1.82) is 10.5 Å². The smallest absolute Gasteiger partial charge is 0.234 e. The minimum absolute atomic E-state index is 0.0364. The van der Waals surface area contributed by atoms with Gasteiger partial charge >= 0.3 is 0 Å². The molecular weight excluding hydrogens is 294 g/mol. The maximum atomic E-state index is 8.88. The highest BCUT2D eigenvalue weighted by molar-refractivity contribution is 7.13. The van der Waals surface area contributed by atoms with Crippen LogP contribution in [-0.4, -0.2) is 14.5 Å². The average molecular weight is 303 g/mol. The van der Waals surface area contributed by atoms with Gasteiger partial charge in [0.15, 0.2) is 0 Å². The number of nitriles is 2. The van der Waals surface area contributed by atoms with Crippen LogP contribution in [0.1, 0.15) is 5.69 Å². The van der Waals surface area contributed by atoms with Crippen LogP contribution >= 0.6 is 11.3 Å². The maximum absolute atomic E-state index is 8.88. The Labute approximate surface area is 131 Å². The zero-order valence-electron chi connectivity index (χ0n) is 11.3. The molecule has 0 fully saturated rings. The van der Waals surface area contributed by atoms with E-state index in [4.69, 9.17) is 10.5 Å². The zero-order valence-corrected chi connectivity index (χ0v) is 12.2. The first-order valence-corrected chi connectivity index (χ1v) is 7.26. The van der Waals surface area contributed by atoms with Crippen molar-refractivity contribution in [2.24, 2.45) is 0 Å². The van der Waals surface area contributed by atoms with Gasteiger partial charge in [0, 0.05) is 12.4 Å². The maximum Gasteiger partial charge on any atom is 0.234 e. The summed E-state index contributed by atoms with van der Waals surface area (Å²) in [6, 6.07) is 13.1. The third kappa shape index (κ3) is 2.64. The van der Waals surface area contributed by atoms with Gasteiger partial charge in [-0.2, -0.15) is 10.5 Å². The van der Waals surface area contributed by atoms with Gasteiger partial charge in [-0.05, 0) is 35.7 Å². The van der Waals surface area contributed by atoms with Gasteiger partial charge in [0.25, 0.3) is 0 Å². The molecule has 22 heavy (non-hydrogen) atoms. The molecule has 5 nitrogen and oxygen atoms in total. The molecule has 3 rings (SSSR count). The summed E-state index contributed by atoms with van der Waals surface area (Å²) in [5.41, 5.74) is 1.56. The molecule has 3 aromatic heterocycles. The summed E-state index contributed by atoms with van der Waals surface area (Å²) in [5, 5.41) is 19.7. The van der Waals surface area contributed by atoms with Gasteiger partial charge < -0.3 is 0 Å². The average Bonchev–Trinajstić information content (AvgIpc) is 3.24. The molecule has 0 aliphatic rings. The first kappa shape index (κ1) is 13.7. The van der Waals surface area contributed by atoms with E-state index in [-0.39, 0.29) is 5.57 Å². The highest BCUT2D eigenvalue weighted by Crippen LogP contribution is 2.23. The fourth-order valence-corrected chi connectivity index (χ4v) is 2.65. The van der Waals surface area contributed by atoms with E-state index in [0.717, 1.165) is 10.6 Å². The van der Waals surface area contributed by atoms with Crippen LogP contribution in [0.2, 0.25) is 0 Å². The Balaban J connectivity index is 2.06. The Hall–Kier alpha value is -3.22. The van der Waals surface area contributed by atoms with Crippen molar-refractivity contribution in [1.82, 2.24) is 14.5 Å². The lowest BCUT2D eigenvalue weighted by Gasteiger charge is -2.05. The molecule has 3 aromatic rings. The van der Waals surface area contributed by atoms with E-state index in [1.807, 2.05) is 41.8 Å². The topological polar surface area (TPSA) is 78.3 Å². The van der Waals surface area contributed by atoms with Crippen molar-refractivity contribution in [3.05, 3.63) is 59.4 Å². The molecule has 0 amide bonds. The second-order valence-electron chi connectivity index (χ2n) is 4.30. The van der Waals surface area contributed by atoms with E-state index < -0.39 is 0 Å². The van der Waals surface area contributed by atoms with Gasteiger partial charge in [-0.1, -0.05) is 6.07 Å². The van der Waals surface area contributed by atoms with Crippen LogP contribution in [0.4, 0.5) is 0 Å². The molecule has 6 heteroatoms. The van der Waals surface area contributed by atoms with Crippen LogP contribution in [-0.2, 0) is 0 Å². The highest BCUT2D eigenvalue weighted by atomic mass is 32.1.